The first-order chi connectivity index (χ1) is 8.69. The van der Waals surface area contributed by atoms with E-state index in [1.807, 2.05) is 12.1 Å². The maximum Gasteiger partial charge on any atom is 0.213 e. The molecule has 2 aromatic rings. The minimum absolute atomic E-state index is 0.631. The first kappa shape index (κ1) is 12.4. The summed E-state index contributed by atoms with van der Waals surface area (Å²) >= 11 is 0. The topological polar surface area (TPSA) is 34.1 Å². The molecule has 0 spiro atoms. The van der Waals surface area contributed by atoms with Crippen molar-refractivity contribution in [2.75, 3.05) is 12.4 Å². The van der Waals surface area contributed by atoms with Crippen molar-refractivity contribution in [3.63, 3.8) is 0 Å². The molecule has 0 unspecified atom stereocenters. The predicted octanol–water partition coefficient (Wildman–Crippen LogP) is 3.32. The molecule has 0 aliphatic rings. The van der Waals surface area contributed by atoms with E-state index < -0.39 is 0 Å². The number of benzene rings is 1. The predicted molar refractivity (Wildman–Crippen MR) is 74.0 cm³/mol. The molecule has 0 bridgehead atoms. The highest BCUT2D eigenvalue weighted by molar-refractivity contribution is 5.43. The Kier molecular flexibility index (Phi) is 3.82. The summed E-state index contributed by atoms with van der Waals surface area (Å²) in [5.74, 6) is 0.631. The van der Waals surface area contributed by atoms with E-state index in [-0.39, 0.29) is 0 Å². The Bertz CT molecular complexity index is 521. The molecule has 1 heterocycles. The Morgan fingerprint density at radius 1 is 1.11 bits per heavy atom. The van der Waals surface area contributed by atoms with Gasteiger partial charge in [-0.2, -0.15) is 0 Å². The molecule has 0 radical (unpaired) electrons. The Balaban J connectivity index is 1.99. The number of aryl methyl sites for hydroxylation is 2. The first-order valence-electron chi connectivity index (χ1n) is 5.99. The third kappa shape index (κ3) is 3.00. The molecule has 0 saturated heterocycles. The summed E-state index contributed by atoms with van der Waals surface area (Å²) < 4.78 is 5.02. The van der Waals surface area contributed by atoms with Crippen LogP contribution in [0.1, 0.15) is 16.7 Å². The molecular weight excluding hydrogens is 224 g/mol. The zero-order chi connectivity index (χ0) is 13.0. The van der Waals surface area contributed by atoms with Gasteiger partial charge < -0.3 is 10.1 Å². The second-order valence-corrected chi connectivity index (χ2v) is 4.36. The van der Waals surface area contributed by atoms with Gasteiger partial charge in [0.15, 0.2) is 0 Å². The van der Waals surface area contributed by atoms with Crippen molar-refractivity contribution >= 4 is 5.69 Å². The molecule has 1 N–H and O–H groups in total. The minimum atomic E-state index is 0.631. The maximum atomic E-state index is 5.02. The van der Waals surface area contributed by atoms with Crippen LogP contribution in [-0.4, -0.2) is 12.1 Å². The third-order valence-electron chi connectivity index (χ3n) is 3.01. The molecule has 1 aromatic heterocycles. The van der Waals surface area contributed by atoms with Crippen LogP contribution in [0.15, 0.2) is 36.5 Å². The van der Waals surface area contributed by atoms with Crippen LogP contribution in [0.4, 0.5) is 5.69 Å². The number of aromatic nitrogens is 1. The zero-order valence-electron chi connectivity index (χ0n) is 11.0. The minimum Gasteiger partial charge on any atom is -0.481 e. The summed E-state index contributed by atoms with van der Waals surface area (Å²) in [5, 5.41) is 3.34. The third-order valence-corrected chi connectivity index (χ3v) is 3.01. The van der Waals surface area contributed by atoms with Crippen LogP contribution < -0.4 is 10.1 Å². The lowest BCUT2D eigenvalue weighted by Crippen LogP contribution is -2.00. The number of hydrogen-bond acceptors (Lipinski definition) is 3. The van der Waals surface area contributed by atoms with Crippen LogP contribution in [0.2, 0.25) is 0 Å². The van der Waals surface area contributed by atoms with Gasteiger partial charge in [0.1, 0.15) is 0 Å². The van der Waals surface area contributed by atoms with Gasteiger partial charge in [-0.05, 0) is 36.6 Å². The highest BCUT2D eigenvalue weighted by Crippen LogP contribution is 2.14. The quantitative estimate of drug-likeness (QED) is 0.893. The van der Waals surface area contributed by atoms with E-state index in [4.69, 9.17) is 4.74 Å². The van der Waals surface area contributed by atoms with E-state index in [2.05, 4.69) is 42.3 Å². The van der Waals surface area contributed by atoms with E-state index >= 15 is 0 Å². The molecule has 2 rings (SSSR count). The van der Waals surface area contributed by atoms with Crippen LogP contribution in [0.5, 0.6) is 5.88 Å². The van der Waals surface area contributed by atoms with Crippen LogP contribution in [0.25, 0.3) is 0 Å². The molecule has 18 heavy (non-hydrogen) atoms. The smallest absolute Gasteiger partial charge is 0.213 e. The Labute approximate surface area is 108 Å². The van der Waals surface area contributed by atoms with Gasteiger partial charge in [-0.1, -0.05) is 18.2 Å². The van der Waals surface area contributed by atoms with Crippen molar-refractivity contribution in [2.24, 2.45) is 0 Å². The van der Waals surface area contributed by atoms with Crippen LogP contribution >= 0.6 is 0 Å². The summed E-state index contributed by atoms with van der Waals surface area (Å²) in [7, 11) is 1.62. The van der Waals surface area contributed by atoms with Crippen molar-refractivity contribution in [3.8, 4) is 5.88 Å². The lowest BCUT2D eigenvalue weighted by atomic mass is 10.1. The average molecular weight is 242 g/mol. The summed E-state index contributed by atoms with van der Waals surface area (Å²) in [5.41, 5.74) is 4.91. The largest absolute Gasteiger partial charge is 0.481 e. The van der Waals surface area contributed by atoms with Crippen LogP contribution in [0.3, 0.4) is 0 Å². The van der Waals surface area contributed by atoms with Gasteiger partial charge in [-0.15, -0.1) is 0 Å². The Morgan fingerprint density at radius 2 is 1.94 bits per heavy atom. The number of ether oxygens (including phenoxy) is 1. The van der Waals surface area contributed by atoms with E-state index in [0.29, 0.717) is 5.88 Å². The SMILES string of the molecule is COc1ccc(NCc2ccc(C)c(C)c2)cn1. The van der Waals surface area contributed by atoms with Gasteiger partial charge in [0.25, 0.3) is 0 Å². The van der Waals surface area contributed by atoms with E-state index in [1.165, 1.54) is 16.7 Å². The number of anilines is 1. The maximum absolute atomic E-state index is 5.02. The normalized spacial score (nSPS) is 10.2. The summed E-state index contributed by atoms with van der Waals surface area (Å²) in [4.78, 5) is 4.16. The number of hydrogen-bond donors (Lipinski definition) is 1. The highest BCUT2D eigenvalue weighted by Gasteiger charge is 1.98. The van der Waals surface area contributed by atoms with E-state index in [0.717, 1.165) is 12.2 Å². The van der Waals surface area contributed by atoms with Crippen LogP contribution in [0, 0.1) is 13.8 Å². The molecule has 0 fully saturated rings. The first-order valence-corrected chi connectivity index (χ1v) is 5.99. The summed E-state index contributed by atoms with van der Waals surface area (Å²) in [6.45, 7) is 5.06. The number of methoxy groups -OCH3 is 1. The summed E-state index contributed by atoms with van der Waals surface area (Å²) in [6.07, 6.45) is 1.78. The van der Waals surface area contributed by atoms with Crippen molar-refractivity contribution in [2.45, 2.75) is 20.4 Å². The molecule has 0 amide bonds. The van der Waals surface area contributed by atoms with Crippen molar-refractivity contribution in [1.82, 2.24) is 4.98 Å². The Morgan fingerprint density at radius 3 is 2.56 bits per heavy atom. The molecule has 1 aromatic carbocycles. The van der Waals surface area contributed by atoms with Gasteiger partial charge in [0.2, 0.25) is 5.88 Å². The molecule has 3 nitrogen and oxygen atoms in total. The van der Waals surface area contributed by atoms with Gasteiger partial charge in [-0.25, -0.2) is 4.98 Å². The summed E-state index contributed by atoms with van der Waals surface area (Å²) in [6, 6.07) is 10.3. The number of rotatable bonds is 4. The van der Waals surface area contributed by atoms with Gasteiger partial charge in [-0.3, -0.25) is 0 Å². The van der Waals surface area contributed by atoms with Gasteiger partial charge >= 0.3 is 0 Å². The molecule has 0 saturated carbocycles. The Hall–Kier alpha value is -2.03. The monoisotopic (exact) mass is 242 g/mol. The molecule has 3 heteroatoms. The average Bonchev–Trinajstić information content (AvgIpc) is 2.41. The second-order valence-electron chi connectivity index (χ2n) is 4.36. The molecule has 0 aliphatic carbocycles. The fourth-order valence-electron chi connectivity index (χ4n) is 1.72. The fraction of sp³-hybridized carbons (Fsp3) is 0.267. The molecule has 0 aliphatic heterocycles. The van der Waals surface area contributed by atoms with Gasteiger partial charge in [0, 0.05) is 12.6 Å². The zero-order valence-corrected chi connectivity index (χ0v) is 11.0. The number of nitrogens with one attached hydrogen (secondary N) is 1. The highest BCUT2D eigenvalue weighted by atomic mass is 16.5. The second kappa shape index (κ2) is 5.54. The van der Waals surface area contributed by atoms with Gasteiger partial charge in [0.05, 0.1) is 19.0 Å². The van der Waals surface area contributed by atoms with Crippen molar-refractivity contribution in [1.29, 1.82) is 0 Å². The van der Waals surface area contributed by atoms with Crippen LogP contribution in [-0.2, 0) is 6.54 Å². The number of pyridine rings is 1. The lowest BCUT2D eigenvalue weighted by Gasteiger charge is -2.08. The molecule has 0 atom stereocenters. The standard InChI is InChI=1S/C15H18N2O/c1-11-4-5-13(8-12(11)2)9-16-14-6-7-15(18-3)17-10-14/h4-8,10,16H,9H2,1-3H3. The molecular formula is C15H18N2O. The van der Waals surface area contributed by atoms with Crippen molar-refractivity contribution < 1.29 is 4.74 Å². The lowest BCUT2D eigenvalue weighted by molar-refractivity contribution is 0.398. The fourth-order valence-corrected chi connectivity index (χ4v) is 1.72. The molecule has 94 valence electrons. The van der Waals surface area contributed by atoms with E-state index in [9.17, 15) is 0 Å². The van der Waals surface area contributed by atoms with Crippen molar-refractivity contribution in [3.05, 3.63) is 53.2 Å². The van der Waals surface area contributed by atoms with E-state index in [1.54, 1.807) is 13.3 Å². The number of nitrogens with zero attached hydrogens (tertiary/aromatic N) is 1.